The topological polar surface area (TPSA) is 45.1 Å². The maximum atomic E-state index is 11.6. The molecule has 0 aliphatic carbocycles. The number of amides is 1. The number of carbonyl (C=O) groups is 1. The molecule has 96 valence electrons. The first-order chi connectivity index (χ1) is 8.66. The Hall–Kier alpha value is -2.04. The number of likely N-dealkylation sites (N-methyl/N-ethyl adjacent to an activating group) is 2. The van der Waals surface area contributed by atoms with Gasteiger partial charge < -0.3 is 14.5 Å². The average Bonchev–Trinajstić information content (AvgIpc) is 2.69. The molecule has 1 fully saturated rings. The molecule has 1 aromatic rings. The number of carbonyl (C=O) groups excluding carboxylic acids is 1. The average molecular weight is 247 g/mol. The predicted octanol–water partition coefficient (Wildman–Crippen LogP) is 1.56. The van der Waals surface area contributed by atoms with Gasteiger partial charge in [0.15, 0.2) is 0 Å². The third-order valence-corrected chi connectivity index (χ3v) is 2.85. The minimum Gasteiger partial charge on any atom is -0.443 e. The van der Waals surface area contributed by atoms with E-state index in [4.69, 9.17) is 4.74 Å². The number of rotatable bonds is 2. The molecule has 0 atom stereocenters. The molecule has 18 heavy (non-hydrogen) atoms. The van der Waals surface area contributed by atoms with E-state index in [1.165, 1.54) is 0 Å². The molecule has 0 saturated carbocycles. The number of guanidine groups is 1. The van der Waals surface area contributed by atoms with Gasteiger partial charge in [0.25, 0.3) is 0 Å². The van der Waals surface area contributed by atoms with Crippen molar-refractivity contribution >= 4 is 12.1 Å². The molecule has 1 aromatic carbocycles. The summed E-state index contributed by atoms with van der Waals surface area (Å²) in [5.41, 5.74) is 0.958. The standard InChI is InChI=1S/C13H17N3O2/c1-15-8-9-16(2)12(15)14-13(17)18-10-11-6-4-3-5-7-11/h3-7H,8-10H2,1-2H3. The van der Waals surface area contributed by atoms with Crippen molar-refractivity contribution in [2.24, 2.45) is 4.99 Å². The first kappa shape index (κ1) is 12.4. The Balaban J connectivity index is 1.91. The summed E-state index contributed by atoms with van der Waals surface area (Å²) in [6.45, 7) is 2.01. The molecule has 0 N–H and O–H groups in total. The van der Waals surface area contributed by atoms with Gasteiger partial charge in [-0.15, -0.1) is 4.99 Å². The first-order valence-corrected chi connectivity index (χ1v) is 5.88. The van der Waals surface area contributed by atoms with Crippen LogP contribution >= 0.6 is 0 Å². The molecule has 1 aliphatic heterocycles. The van der Waals surface area contributed by atoms with Gasteiger partial charge in [-0.05, 0) is 5.56 Å². The van der Waals surface area contributed by atoms with Crippen LogP contribution in [-0.4, -0.2) is 49.0 Å². The van der Waals surface area contributed by atoms with Gasteiger partial charge in [0.2, 0.25) is 5.96 Å². The van der Waals surface area contributed by atoms with Crippen molar-refractivity contribution in [1.82, 2.24) is 9.80 Å². The Labute approximate surface area is 107 Å². The SMILES string of the molecule is CN1CCN(C)C1=NC(=O)OCc1ccccc1. The van der Waals surface area contributed by atoms with Crippen molar-refractivity contribution in [2.75, 3.05) is 27.2 Å². The lowest BCUT2D eigenvalue weighted by atomic mass is 10.2. The maximum absolute atomic E-state index is 11.6. The molecule has 0 bridgehead atoms. The molecule has 1 amide bonds. The van der Waals surface area contributed by atoms with Gasteiger partial charge in [-0.25, -0.2) is 4.79 Å². The Bertz CT molecular complexity index is 433. The zero-order chi connectivity index (χ0) is 13.0. The van der Waals surface area contributed by atoms with E-state index in [1.54, 1.807) is 0 Å². The summed E-state index contributed by atoms with van der Waals surface area (Å²) in [5, 5.41) is 0. The van der Waals surface area contributed by atoms with Crippen LogP contribution < -0.4 is 0 Å². The Kier molecular flexibility index (Phi) is 3.82. The van der Waals surface area contributed by atoms with Gasteiger partial charge in [0.05, 0.1) is 0 Å². The fourth-order valence-corrected chi connectivity index (χ4v) is 1.80. The van der Waals surface area contributed by atoms with Crippen LogP contribution in [-0.2, 0) is 11.3 Å². The summed E-state index contributed by atoms with van der Waals surface area (Å²) in [4.78, 5) is 19.4. The van der Waals surface area contributed by atoms with E-state index in [2.05, 4.69) is 4.99 Å². The van der Waals surface area contributed by atoms with Crippen molar-refractivity contribution in [3.05, 3.63) is 35.9 Å². The highest BCUT2D eigenvalue weighted by atomic mass is 16.5. The highest BCUT2D eigenvalue weighted by molar-refractivity contribution is 5.91. The van der Waals surface area contributed by atoms with Crippen molar-refractivity contribution in [2.45, 2.75) is 6.61 Å². The number of nitrogens with zero attached hydrogens (tertiary/aromatic N) is 3. The van der Waals surface area contributed by atoms with Crippen LogP contribution in [0.25, 0.3) is 0 Å². The normalized spacial score (nSPS) is 14.9. The van der Waals surface area contributed by atoms with Crippen LogP contribution in [0.5, 0.6) is 0 Å². The zero-order valence-electron chi connectivity index (χ0n) is 10.7. The molecule has 0 radical (unpaired) electrons. The molecule has 0 aromatic heterocycles. The molecule has 1 saturated heterocycles. The summed E-state index contributed by atoms with van der Waals surface area (Å²) in [6.07, 6.45) is -0.547. The van der Waals surface area contributed by atoms with Crippen LogP contribution in [0.4, 0.5) is 4.79 Å². The lowest BCUT2D eigenvalue weighted by Crippen LogP contribution is -2.29. The molecule has 0 unspecified atom stereocenters. The van der Waals surface area contributed by atoms with Crippen LogP contribution in [0.2, 0.25) is 0 Å². The molecular weight excluding hydrogens is 230 g/mol. The summed E-state index contributed by atoms with van der Waals surface area (Å²) < 4.78 is 5.11. The fourth-order valence-electron chi connectivity index (χ4n) is 1.80. The Morgan fingerprint density at radius 2 is 1.83 bits per heavy atom. The van der Waals surface area contributed by atoms with E-state index >= 15 is 0 Å². The highest BCUT2D eigenvalue weighted by Gasteiger charge is 2.21. The molecule has 0 spiro atoms. The third-order valence-electron chi connectivity index (χ3n) is 2.85. The smallest absolute Gasteiger partial charge is 0.437 e. The van der Waals surface area contributed by atoms with Crippen molar-refractivity contribution in [3.8, 4) is 0 Å². The van der Waals surface area contributed by atoms with E-state index in [0.717, 1.165) is 18.7 Å². The number of benzene rings is 1. The quantitative estimate of drug-likeness (QED) is 0.795. The lowest BCUT2D eigenvalue weighted by Gasteiger charge is -2.14. The van der Waals surface area contributed by atoms with Crippen LogP contribution in [0, 0.1) is 0 Å². The van der Waals surface area contributed by atoms with Crippen molar-refractivity contribution in [1.29, 1.82) is 0 Å². The summed E-state index contributed by atoms with van der Waals surface area (Å²) >= 11 is 0. The van der Waals surface area contributed by atoms with Crippen LogP contribution in [0.15, 0.2) is 35.3 Å². The molecule has 1 aliphatic rings. The largest absolute Gasteiger partial charge is 0.443 e. The number of ether oxygens (including phenoxy) is 1. The van der Waals surface area contributed by atoms with Crippen LogP contribution in [0.1, 0.15) is 5.56 Å². The molecular formula is C13H17N3O2. The number of hydrogen-bond donors (Lipinski definition) is 0. The van der Waals surface area contributed by atoms with Crippen molar-refractivity contribution in [3.63, 3.8) is 0 Å². The van der Waals surface area contributed by atoms with Gasteiger partial charge in [-0.2, -0.15) is 0 Å². The third kappa shape index (κ3) is 3.00. The zero-order valence-corrected chi connectivity index (χ0v) is 10.7. The maximum Gasteiger partial charge on any atom is 0.437 e. The molecule has 5 nitrogen and oxygen atoms in total. The van der Waals surface area contributed by atoms with E-state index in [-0.39, 0.29) is 6.61 Å². The van der Waals surface area contributed by atoms with Gasteiger partial charge in [-0.1, -0.05) is 30.3 Å². The van der Waals surface area contributed by atoms with E-state index in [1.807, 2.05) is 54.2 Å². The molecule has 1 heterocycles. The summed E-state index contributed by atoms with van der Waals surface area (Å²) in [6, 6.07) is 9.57. The molecule has 2 rings (SSSR count). The second-order valence-electron chi connectivity index (χ2n) is 4.30. The Morgan fingerprint density at radius 3 is 2.44 bits per heavy atom. The minimum atomic E-state index is -0.547. The minimum absolute atomic E-state index is 0.254. The van der Waals surface area contributed by atoms with Crippen LogP contribution in [0.3, 0.4) is 0 Å². The van der Waals surface area contributed by atoms with E-state index < -0.39 is 6.09 Å². The summed E-state index contributed by atoms with van der Waals surface area (Å²) in [5.74, 6) is 0.660. The number of aliphatic imine (C=N–C) groups is 1. The Morgan fingerprint density at radius 1 is 1.22 bits per heavy atom. The van der Waals surface area contributed by atoms with E-state index in [0.29, 0.717) is 5.96 Å². The van der Waals surface area contributed by atoms with Gasteiger partial charge >= 0.3 is 6.09 Å². The summed E-state index contributed by atoms with van der Waals surface area (Å²) in [7, 11) is 3.82. The first-order valence-electron chi connectivity index (χ1n) is 5.88. The molecule has 5 heteroatoms. The lowest BCUT2D eigenvalue weighted by molar-refractivity contribution is 0.150. The van der Waals surface area contributed by atoms with Gasteiger partial charge in [0, 0.05) is 27.2 Å². The highest BCUT2D eigenvalue weighted by Crippen LogP contribution is 2.06. The second kappa shape index (κ2) is 5.53. The second-order valence-corrected chi connectivity index (χ2v) is 4.30. The number of hydrogen-bond acceptors (Lipinski definition) is 2. The van der Waals surface area contributed by atoms with Crippen molar-refractivity contribution < 1.29 is 9.53 Å². The van der Waals surface area contributed by atoms with Gasteiger partial charge in [-0.3, -0.25) is 0 Å². The van der Waals surface area contributed by atoms with Gasteiger partial charge in [0.1, 0.15) is 6.61 Å². The predicted molar refractivity (Wildman–Crippen MR) is 69.3 cm³/mol. The monoisotopic (exact) mass is 247 g/mol. The van der Waals surface area contributed by atoms with E-state index in [9.17, 15) is 4.79 Å². The fraction of sp³-hybridized carbons (Fsp3) is 0.385.